The Bertz CT molecular complexity index is 309. The average molecular weight is 269 g/mol. The van der Waals surface area contributed by atoms with Crippen LogP contribution in [0.3, 0.4) is 0 Å². The topological polar surface area (TPSA) is 7.68 Å². The molecule has 3 rings (SSSR count). The zero-order chi connectivity index (χ0) is 13.4. The van der Waals surface area contributed by atoms with Gasteiger partial charge in [-0.2, -0.15) is 0 Å². The Hall–Kier alpha value is -0.150. The lowest BCUT2D eigenvalue weighted by molar-refractivity contribution is -0.943. The summed E-state index contributed by atoms with van der Waals surface area (Å²) in [6, 6.07) is 0.699. The van der Waals surface area contributed by atoms with E-state index < -0.39 is 6.17 Å². The molecule has 0 aromatic rings. The van der Waals surface area contributed by atoms with Crippen LogP contribution in [0.25, 0.3) is 0 Å². The molecular formula is C16H30FN2+. The molecule has 0 bridgehead atoms. The van der Waals surface area contributed by atoms with Crippen molar-refractivity contribution >= 4 is 0 Å². The van der Waals surface area contributed by atoms with Crippen LogP contribution in [0.4, 0.5) is 4.39 Å². The maximum atomic E-state index is 14.1. The molecule has 2 saturated heterocycles. The first-order valence-corrected chi connectivity index (χ1v) is 8.39. The van der Waals surface area contributed by atoms with E-state index in [1.54, 1.807) is 4.90 Å². The smallest absolute Gasteiger partial charge is 0.144 e. The van der Waals surface area contributed by atoms with E-state index in [1.807, 2.05) is 0 Å². The number of halogens is 1. The zero-order valence-corrected chi connectivity index (χ0v) is 12.6. The monoisotopic (exact) mass is 269 g/mol. The summed E-state index contributed by atoms with van der Waals surface area (Å²) < 4.78 is 14.1. The van der Waals surface area contributed by atoms with Gasteiger partial charge in [0.25, 0.3) is 0 Å². The number of nitrogens with one attached hydrogen (secondary N) is 1. The van der Waals surface area contributed by atoms with E-state index in [1.165, 1.54) is 32.4 Å². The SMILES string of the molecule is CC1CCC2N(C1)CC(C)[NH+]2CC1CCCCC1F. The van der Waals surface area contributed by atoms with E-state index in [9.17, 15) is 4.39 Å². The Morgan fingerprint density at radius 2 is 1.84 bits per heavy atom. The van der Waals surface area contributed by atoms with Crippen LogP contribution in [0.15, 0.2) is 0 Å². The van der Waals surface area contributed by atoms with Crippen LogP contribution < -0.4 is 4.90 Å². The molecule has 1 N–H and O–H groups in total. The zero-order valence-electron chi connectivity index (χ0n) is 12.6. The van der Waals surface area contributed by atoms with Gasteiger partial charge in [-0.1, -0.05) is 19.8 Å². The summed E-state index contributed by atoms with van der Waals surface area (Å²) in [6.45, 7) is 8.32. The lowest BCUT2D eigenvalue weighted by Crippen LogP contribution is -3.18. The number of piperidine rings is 1. The Labute approximate surface area is 117 Å². The largest absolute Gasteiger partial charge is 0.316 e. The van der Waals surface area contributed by atoms with Crippen LogP contribution >= 0.6 is 0 Å². The summed E-state index contributed by atoms with van der Waals surface area (Å²) in [5.74, 6) is 1.19. The van der Waals surface area contributed by atoms with E-state index in [2.05, 4.69) is 18.7 Å². The Balaban J connectivity index is 1.63. The molecule has 2 heterocycles. The fourth-order valence-corrected chi connectivity index (χ4v) is 4.70. The number of alkyl halides is 1. The predicted molar refractivity (Wildman–Crippen MR) is 75.9 cm³/mol. The maximum absolute atomic E-state index is 14.1. The summed E-state index contributed by atoms with van der Waals surface area (Å²) in [5.41, 5.74) is 0. The predicted octanol–water partition coefficient (Wildman–Crippen LogP) is 1.86. The van der Waals surface area contributed by atoms with E-state index in [0.29, 0.717) is 18.1 Å². The van der Waals surface area contributed by atoms with Gasteiger partial charge in [0, 0.05) is 18.9 Å². The van der Waals surface area contributed by atoms with E-state index >= 15 is 0 Å². The number of fused-ring (bicyclic) bond motifs is 1. The van der Waals surface area contributed by atoms with Crippen molar-refractivity contribution in [2.24, 2.45) is 11.8 Å². The molecule has 3 aliphatic rings. The Kier molecular flexibility index (Phi) is 4.14. The van der Waals surface area contributed by atoms with Crippen molar-refractivity contribution in [2.75, 3.05) is 19.6 Å². The third-order valence-corrected chi connectivity index (χ3v) is 5.80. The molecule has 2 aliphatic heterocycles. The van der Waals surface area contributed by atoms with Gasteiger partial charge in [0.05, 0.1) is 19.1 Å². The van der Waals surface area contributed by atoms with Gasteiger partial charge in [-0.3, -0.25) is 0 Å². The number of quaternary nitrogens is 1. The molecular weight excluding hydrogens is 239 g/mol. The highest BCUT2D eigenvalue weighted by molar-refractivity contribution is 4.82. The number of hydrogen-bond donors (Lipinski definition) is 1. The molecule has 1 aliphatic carbocycles. The van der Waals surface area contributed by atoms with Gasteiger partial charge in [-0.25, -0.2) is 9.29 Å². The minimum Gasteiger partial charge on any atom is -0.316 e. The van der Waals surface area contributed by atoms with Crippen molar-refractivity contribution in [3.63, 3.8) is 0 Å². The van der Waals surface area contributed by atoms with Crippen molar-refractivity contribution in [2.45, 2.75) is 70.8 Å². The second-order valence-electron chi connectivity index (χ2n) is 7.39. The third kappa shape index (κ3) is 2.82. The molecule has 6 atom stereocenters. The van der Waals surface area contributed by atoms with E-state index in [0.717, 1.165) is 31.7 Å². The number of rotatable bonds is 2. The molecule has 2 nitrogen and oxygen atoms in total. The van der Waals surface area contributed by atoms with Crippen LogP contribution in [0.2, 0.25) is 0 Å². The molecule has 0 radical (unpaired) electrons. The van der Waals surface area contributed by atoms with Crippen molar-refractivity contribution in [3.05, 3.63) is 0 Å². The molecule has 3 fully saturated rings. The van der Waals surface area contributed by atoms with Crippen molar-refractivity contribution < 1.29 is 9.29 Å². The molecule has 3 heteroatoms. The lowest BCUT2D eigenvalue weighted by atomic mass is 9.86. The summed E-state index contributed by atoms with van der Waals surface area (Å²) in [4.78, 5) is 4.38. The van der Waals surface area contributed by atoms with Crippen LogP contribution in [0.1, 0.15) is 52.4 Å². The van der Waals surface area contributed by atoms with Crippen molar-refractivity contribution in [3.8, 4) is 0 Å². The summed E-state index contributed by atoms with van der Waals surface area (Å²) in [6.07, 6.45) is 7.16. The van der Waals surface area contributed by atoms with E-state index in [4.69, 9.17) is 0 Å². The van der Waals surface area contributed by atoms with Crippen LogP contribution in [0, 0.1) is 11.8 Å². The molecule has 0 aromatic heterocycles. The highest BCUT2D eigenvalue weighted by atomic mass is 19.1. The fourth-order valence-electron chi connectivity index (χ4n) is 4.70. The van der Waals surface area contributed by atoms with Gasteiger partial charge in [-0.15, -0.1) is 0 Å². The quantitative estimate of drug-likeness (QED) is 0.804. The summed E-state index contributed by atoms with van der Waals surface area (Å²) in [7, 11) is 0. The van der Waals surface area contributed by atoms with Gasteiger partial charge in [0.2, 0.25) is 0 Å². The van der Waals surface area contributed by atoms with Gasteiger partial charge in [0.15, 0.2) is 0 Å². The molecule has 110 valence electrons. The van der Waals surface area contributed by atoms with Gasteiger partial charge in [-0.05, 0) is 32.1 Å². The minimum atomic E-state index is -0.523. The molecule has 0 amide bonds. The van der Waals surface area contributed by atoms with Crippen LogP contribution in [-0.4, -0.2) is 42.9 Å². The second-order valence-corrected chi connectivity index (χ2v) is 7.39. The van der Waals surface area contributed by atoms with Crippen molar-refractivity contribution in [1.82, 2.24) is 4.90 Å². The number of hydrogen-bond acceptors (Lipinski definition) is 1. The molecule has 1 saturated carbocycles. The molecule has 6 unspecified atom stereocenters. The maximum Gasteiger partial charge on any atom is 0.144 e. The van der Waals surface area contributed by atoms with Crippen LogP contribution in [-0.2, 0) is 0 Å². The fraction of sp³-hybridized carbons (Fsp3) is 1.00. The third-order valence-electron chi connectivity index (χ3n) is 5.80. The number of nitrogens with zero attached hydrogens (tertiary/aromatic N) is 1. The first-order chi connectivity index (χ1) is 9.15. The van der Waals surface area contributed by atoms with Gasteiger partial charge < -0.3 is 4.90 Å². The highest BCUT2D eigenvalue weighted by Gasteiger charge is 2.45. The molecule has 0 aromatic carbocycles. The first-order valence-electron chi connectivity index (χ1n) is 8.39. The van der Waals surface area contributed by atoms with E-state index in [-0.39, 0.29) is 0 Å². The second kappa shape index (κ2) is 5.69. The van der Waals surface area contributed by atoms with Crippen LogP contribution in [0.5, 0.6) is 0 Å². The summed E-state index contributed by atoms with van der Waals surface area (Å²) >= 11 is 0. The molecule has 0 spiro atoms. The lowest BCUT2D eigenvalue weighted by Gasteiger charge is -2.37. The van der Waals surface area contributed by atoms with Gasteiger partial charge >= 0.3 is 0 Å². The minimum absolute atomic E-state index is 0.338. The average Bonchev–Trinajstić information content (AvgIpc) is 2.68. The summed E-state index contributed by atoms with van der Waals surface area (Å²) in [5, 5.41) is 0. The normalized spacial score (nSPS) is 48.2. The Morgan fingerprint density at radius 3 is 2.63 bits per heavy atom. The standard InChI is InChI=1S/C16H29FN2/c1-12-7-8-16-18(9-12)10-13(2)19(16)11-14-5-3-4-6-15(14)17/h12-16H,3-11H2,1-2H3/p+1. The molecule has 19 heavy (non-hydrogen) atoms. The first kappa shape index (κ1) is 13.8. The van der Waals surface area contributed by atoms with Crippen molar-refractivity contribution in [1.29, 1.82) is 0 Å². The van der Waals surface area contributed by atoms with Gasteiger partial charge in [0.1, 0.15) is 12.3 Å². The highest BCUT2D eigenvalue weighted by Crippen LogP contribution is 2.27. The Morgan fingerprint density at radius 1 is 1.05 bits per heavy atom.